The quantitative estimate of drug-likeness (QED) is 0.683. The van der Waals surface area contributed by atoms with Crippen LogP contribution in [0.1, 0.15) is 25.2 Å². The highest BCUT2D eigenvalue weighted by Crippen LogP contribution is 2.33. The number of imidazole rings is 1. The third-order valence-electron chi connectivity index (χ3n) is 4.04. The molecule has 2 heterocycles. The number of hydrogen-bond donors (Lipinski definition) is 1. The van der Waals surface area contributed by atoms with Gasteiger partial charge >= 0.3 is 6.18 Å². The summed E-state index contributed by atoms with van der Waals surface area (Å²) < 4.78 is 42.7. The van der Waals surface area contributed by atoms with Gasteiger partial charge in [-0.1, -0.05) is 12.1 Å². The number of amides is 1. The molecule has 1 amide bonds. The third kappa shape index (κ3) is 3.71. The first-order valence-electron chi connectivity index (χ1n) is 8.17. The van der Waals surface area contributed by atoms with Gasteiger partial charge in [-0.2, -0.15) is 18.3 Å². The van der Waals surface area contributed by atoms with Crippen LogP contribution in [0.4, 0.5) is 13.2 Å². The van der Waals surface area contributed by atoms with Crippen LogP contribution in [0, 0.1) is 0 Å². The van der Waals surface area contributed by atoms with Crippen molar-refractivity contribution in [3.05, 3.63) is 48.5 Å². The number of carbonyl (C=O) groups excluding carboxylic acids is 1. The Morgan fingerprint density at radius 2 is 2.04 bits per heavy atom. The van der Waals surface area contributed by atoms with Crippen LogP contribution in [0.3, 0.4) is 0 Å². The number of alkyl halides is 3. The van der Waals surface area contributed by atoms with Crippen molar-refractivity contribution in [1.29, 1.82) is 0 Å². The van der Waals surface area contributed by atoms with E-state index in [9.17, 15) is 18.0 Å². The summed E-state index contributed by atoms with van der Waals surface area (Å²) in [5.41, 5.74) is 0.483. The Labute approximate surface area is 147 Å². The van der Waals surface area contributed by atoms with E-state index in [1.165, 1.54) is 19.1 Å². The first kappa shape index (κ1) is 18.0. The monoisotopic (exact) mass is 365 g/mol. The number of rotatable bonds is 6. The van der Waals surface area contributed by atoms with Crippen LogP contribution in [0.25, 0.3) is 11.0 Å². The molecule has 1 aromatic carbocycles. The first-order chi connectivity index (χ1) is 12.4. The molecular weight excluding hydrogens is 347 g/mol. The highest BCUT2D eigenvalue weighted by Gasteiger charge is 2.39. The topological polar surface area (TPSA) is 64.7 Å². The number of aryl methyl sites for hydroxylation is 1. The Kier molecular flexibility index (Phi) is 4.97. The fourth-order valence-electron chi connectivity index (χ4n) is 2.79. The van der Waals surface area contributed by atoms with Crippen molar-refractivity contribution in [2.24, 2.45) is 0 Å². The molecule has 0 unspecified atom stereocenters. The van der Waals surface area contributed by atoms with E-state index in [2.05, 4.69) is 15.4 Å². The van der Waals surface area contributed by atoms with Gasteiger partial charge in [0.15, 0.2) is 0 Å². The maximum atomic E-state index is 13.3. The largest absolute Gasteiger partial charge is 0.449 e. The molecule has 0 saturated heterocycles. The minimum absolute atomic E-state index is 0.207. The van der Waals surface area contributed by atoms with Crippen LogP contribution in [-0.4, -0.2) is 31.8 Å². The Morgan fingerprint density at radius 1 is 1.27 bits per heavy atom. The SMILES string of the molecule is C[C@@H](C(=O)NCCCn1cccn1)n1c(C(F)(F)F)nc2ccccc21. The number of hydrogen-bond acceptors (Lipinski definition) is 3. The molecule has 0 aliphatic heterocycles. The molecule has 9 heteroatoms. The zero-order chi connectivity index (χ0) is 18.7. The lowest BCUT2D eigenvalue weighted by Crippen LogP contribution is -2.33. The molecule has 1 atom stereocenters. The van der Waals surface area contributed by atoms with Crippen LogP contribution >= 0.6 is 0 Å². The van der Waals surface area contributed by atoms with Crippen LogP contribution in [-0.2, 0) is 17.5 Å². The Bertz CT molecular complexity index is 886. The molecule has 0 spiro atoms. The standard InChI is InChI=1S/C17H18F3N5O/c1-12(15(26)21-8-4-10-24-11-5-9-22-24)25-14-7-3-2-6-13(14)23-16(25)17(18,19)20/h2-3,5-7,9,11-12H,4,8,10H2,1H3,(H,21,26)/t12-/m0/s1. The lowest BCUT2D eigenvalue weighted by molar-refractivity contribution is -0.148. The fourth-order valence-corrected chi connectivity index (χ4v) is 2.79. The van der Waals surface area contributed by atoms with Gasteiger partial charge in [0.25, 0.3) is 0 Å². The molecule has 2 aromatic heterocycles. The average Bonchev–Trinajstić information content (AvgIpc) is 3.24. The summed E-state index contributed by atoms with van der Waals surface area (Å²) in [6.07, 6.45) is -0.564. The van der Waals surface area contributed by atoms with E-state index in [-0.39, 0.29) is 11.0 Å². The second-order valence-electron chi connectivity index (χ2n) is 5.88. The Balaban J connectivity index is 1.73. The lowest BCUT2D eigenvalue weighted by Gasteiger charge is -2.18. The summed E-state index contributed by atoms with van der Waals surface area (Å²) in [6, 6.07) is 7.01. The highest BCUT2D eigenvalue weighted by molar-refractivity contribution is 5.84. The number of benzene rings is 1. The van der Waals surface area contributed by atoms with Gasteiger partial charge in [0.2, 0.25) is 11.7 Å². The van der Waals surface area contributed by atoms with Crippen molar-refractivity contribution >= 4 is 16.9 Å². The maximum absolute atomic E-state index is 13.3. The van der Waals surface area contributed by atoms with Crippen molar-refractivity contribution in [3.8, 4) is 0 Å². The predicted molar refractivity (Wildman–Crippen MR) is 89.3 cm³/mol. The first-order valence-corrected chi connectivity index (χ1v) is 8.17. The molecule has 6 nitrogen and oxygen atoms in total. The molecule has 3 aromatic rings. The minimum atomic E-state index is -4.65. The van der Waals surface area contributed by atoms with E-state index in [1.54, 1.807) is 35.3 Å². The highest BCUT2D eigenvalue weighted by atomic mass is 19.4. The zero-order valence-electron chi connectivity index (χ0n) is 14.1. The van der Waals surface area contributed by atoms with E-state index in [0.717, 1.165) is 4.57 Å². The van der Waals surface area contributed by atoms with Gasteiger partial charge in [-0.15, -0.1) is 0 Å². The predicted octanol–water partition coefficient (Wildman–Crippen LogP) is 3.02. The van der Waals surface area contributed by atoms with Crippen LogP contribution in [0.2, 0.25) is 0 Å². The average molecular weight is 365 g/mol. The molecule has 1 N–H and O–H groups in total. The summed E-state index contributed by atoms with van der Waals surface area (Å²) in [7, 11) is 0. The van der Waals surface area contributed by atoms with E-state index >= 15 is 0 Å². The van der Waals surface area contributed by atoms with E-state index in [0.29, 0.717) is 19.5 Å². The number of nitrogens with one attached hydrogen (secondary N) is 1. The molecule has 0 saturated carbocycles. The summed E-state index contributed by atoms with van der Waals surface area (Å²) in [5, 5.41) is 6.73. The van der Waals surface area contributed by atoms with Gasteiger partial charge in [-0.25, -0.2) is 4.98 Å². The van der Waals surface area contributed by atoms with E-state index in [4.69, 9.17) is 0 Å². The van der Waals surface area contributed by atoms with E-state index < -0.39 is 23.9 Å². The van der Waals surface area contributed by atoms with Gasteiger partial charge in [0, 0.05) is 25.5 Å². The molecule has 0 radical (unpaired) electrons. The second-order valence-corrected chi connectivity index (χ2v) is 5.88. The normalized spacial score (nSPS) is 13.1. The van der Waals surface area contributed by atoms with Gasteiger partial charge in [-0.3, -0.25) is 9.48 Å². The van der Waals surface area contributed by atoms with Crippen molar-refractivity contribution in [3.63, 3.8) is 0 Å². The van der Waals surface area contributed by atoms with Gasteiger partial charge in [0.1, 0.15) is 6.04 Å². The number of aromatic nitrogens is 4. The molecule has 26 heavy (non-hydrogen) atoms. The van der Waals surface area contributed by atoms with Crippen LogP contribution in [0.5, 0.6) is 0 Å². The van der Waals surface area contributed by atoms with E-state index in [1.807, 2.05) is 0 Å². The summed E-state index contributed by atoms with van der Waals surface area (Å²) in [6.45, 7) is 2.40. The maximum Gasteiger partial charge on any atom is 0.449 e. The van der Waals surface area contributed by atoms with Crippen molar-refractivity contribution in [2.75, 3.05) is 6.54 Å². The van der Waals surface area contributed by atoms with Crippen LogP contribution in [0.15, 0.2) is 42.7 Å². The second kappa shape index (κ2) is 7.19. The molecule has 0 fully saturated rings. The number of halogens is 3. The van der Waals surface area contributed by atoms with Gasteiger partial charge in [0.05, 0.1) is 11.0 Å². The van der Waals surface area contributed by atoms with Crippen LogP contribution < -0.4 is 5.32 Å². The van der Waals surface area contributed by atoms with Gasteiger partial charge < -0.3 is 9.88 Å². The number of fused-ring (bicyclic) bond motifs is 1. The summed E-state index contributed by atoms with van der Waals surface area (Å²) in [5.74, 6) is -1.56. The molecule has 0 aliphatic carbocycles. The molecule has 0 aliphatic rings. The molecule has 138 valence electrons. The minimum Gasteiger partial charge on any atom is -0.354 e. The fraction of sp³-hybridized carbons (Fsp3) is 0.353. The number of nitrogens with zero attached hydrogens (tertiary/aromatic N) is 4. The summed E-state index contributed by atoms with van der Waals surface area (Å²) >= 11 is 0. The molecule has 3 rings (SSSR count). The number of para-hydroxylation sites is 2. The third-order valence-corrected chi connectivity index (χ3v) is 4.04. The molecule has 0 bridgehead atoms. The smallest absolute Gasteiger partial charge is 0.354 e. The Hall–Kier alpha value is -2.84. The summed E-state index contributed by atoms with van der Waals surface area (Å²) in [4.78, 5) is 16.0. The Morgan fingerprint density at radius 3 is 2.73 bits per heavy atom. The zero-order valence-corrected chi connectivity index (χ0v) is 14.1. The molecular formula is C17H18F3N5O. The van der Waals surface area contributed by atoms with Crippen molar-refractivity contribution in [2.45, 2.75) is 32.1 Å². The van der Waals surface area contributed by atoms with Crippen molar-refractivity contribution < 1.29 is 18.0 Å². The van der Waals surface area contributed by atoms with Gasteiger partial charge in [-0.05, 0) is 31.5 Å². The van der Waals surface area contributed by atoms with Crippen molar-refractivity contribution in [1.82, 2.24) is 24.6 Å². The number of carbonyl (C=O) groups is 1. The lowest BCUT2D eigenvalue weighted by atomic mass is 10.2.